The molecule has 0 aromatic carbocycles. The summed E-state index contributed by atoms with van der Waals surface area (Å²) < 4.78 is 0. The number of rotatable bonds is 8. The van der Waals surface area contributed by atoms with Crippen LogP contribution in [0.25, 0.3) is 0 Å². The van der Waals surface area contributed by atoms with Gasteiger partial charge in [-0.2, -0.15) is 0 Å². The summed E-state index contributed by atoms with van der Waals surface area (Å²) in [5.74, 6) is 0. The average molecular weight is 275 g/mol. The molecule has 0 saturated heterocycles. The van der Waals surface area contributed by atoms with Crippen LogP contribution in [0, 0.1) is 0 Å². The standard InChI is InChI=1S/C19H33N/c1-8-18(7)19(13-12-16(4)5)20-14-17(6)11-9-10-15(2)3/h8,10,12,14,19-20H,9,11,13H2,1-7H3/b17-14+,18-8+. The summed E-state index contributed by atoms with van der Waals surface area (Å²) in [7, 11) is 0. The molecule has 1 nitrogen and oxygen atoms in total. The highest BCUT2D eigenvalue weighted by molar-refractivity contribution is 5.13. The van der Waals surface area contributed by atoms with Gasteiger partial charge in [0.15, 0.2) is 0 Å². The summed E-state index contributed by atoms with van der Waals surface area (Å²) in [6.45, 7) is 15.1. The second-order valence-electron chi connectivity index (χ2n) is 6.08. The molecular weight excluding hydrogens is 242 g/mol. The van der Waals surface area contributed by atoms with Gasteiger partial charge in [0.25, 0.3) is 0 Å². The van der Waals surface area contributed by atoms with Crippen molar-refractivity contribution in [3.63, 3.8) is 0 Å². The van der Waals surface area contributed by atoms with Gasteiger partial charge in [0, 0.05) is 6.04 Å². The largest absolute Gasteiger partial charge is 0.384 e. The Bertz CT molecular complexity index is 386. The van der Waals surface area contributed by atoms with Crippen molar-refractivity contribution < 1.29 is 0 Å². The van der Waals surface area contributed by atoms with Crippen molar-refractivity contribution in [2.24, 2.45) is 0 Å². The van der Waals surface area contributed by atoms with Crippen LogP contribution in [0.4, 0.5) is 0 Å². The van der Waals surface area contributed by atoms with E-state index in [1.54, 1.807) is 0 Å². The Balaban J connectivity index is 4.50. The molecule has 1 unspecified atom stereocenters. The second-order valence-corrected chi connectivity index (χ2v) is 6.08. The first-order valence-electron chi connectivity index (χ1n) is 7.68. The van der Waals surface area contributed by atoms with Crippen molar-refractivity contribution in [1.29, 1.82) is 0 Å². The predicted octanol–water partition coefficient (Wildman–Crippen LogP) is 5.92. The SMILES string of the molecule is C/C=C(\C)C(CC=C(C)C)N/C=C(\C)CCC=C(C)C. The van der Waals surface area contributed by atoms with E-state index >= 15 is 0 Å². The molecule has 0 heterocycles. The molecule has 0 fully saturated rings. The monoisotopic (exact) mass is 275 g/mol. The molecule has 0 aliphatic heterocycles. The minimum absolute atomic E-state index is 0.410. The zero-order valence-electron chi connectivity index (χ0n) is 14.5. The molecule has 1 atom stereocenters. The lowest BCUT2D eigenvalue weighted by Crippen LogP contribution is -2.25. The van der Waals surface area contributed by atoms with Crippen LogP contribution in [-0.2, 0) is 0 Å². The van der Waals surface area contributed by atoms with E-state index in [2.05, 4.69) is 78.2 Å². The first-order chi connectivity index (χ1) is 9.36. The zero-order valence-corrected chi connectivity index (χ0v) is 14.5. The lowest BCUT2D eigenvalue weighted by atomic mass is 10.0. The van der Waals surface area contributed by atoms with Gasteiger partial charge in [-0.3, -0.25) is 0 Å². The van der Waals surface area contributed by atoms with Crippen LogP contribution in [0.1, 0.15) is 67.7 Å². The fourth-order valence-corrected chi connectivity index (χ4v) is 1.84. The third kappa shape index (κ3) is 9.66. The number of hydrogen-bond donors (Lipinski definition) is 1. The second kappa shape index (κ2) is 10.5. The fourth-order valence-electron chi connectivity index (χ4n) is 1.84. The van der Waals surface area contributed by atoms with Gasteiger partial charge in [0.05, 0.1) is 0 Å². The Labute approximate surface area is 126 Å². The van der Waals surface area contributed by atoms with Gasteiger partial charge < -0.3 is 5.32 Å². The molecule has 0 aliphatic carbocycles. The molecular formula is C19H33N. The van der Waals surface area contributed by atoms with Crippen LogP contribution in [-0.4, -0.2) is 6.04 Å². The Morgan fingerprint density at radius 1 is 0.950 bits per heavy atom. The maximum Gasteiger partial charge on any atom is 0.0499 e. The van der Waals surface area contributed by atoms with Crippen molar-refractivity contribution in [2.75, 3.05) is 0 Å². The van der Waals surface area contributed by atoms with E-state index in [1.807, 2.05) is 0 Å². The summed E-state index contributed by atoms with van der Waals surface area (Å²) >= 11 is 0. The summed E-state index contributed by atoms with van der Waals surface area (Å²) in [5.41, 5.74) is 5.59. The molecule has 0 radical (unpaired) electrons. The highest BCUT2D eigenvalue weighted by atomic mass is 14.9. The number of hydrogen-bond acceptors (Lipinski definition) is 1. The molecule has 0 rings (SSSR count). The van der Waals surface area contributed by atoms with E-state index in [9.17, 15) is 0 Å². The lowest BCUT2D eigenvalue weighted by Gasteiger charge is -2.17. The van der Waals surface area contributed by atoms with Crippen molar-refractivity contribution in [2.45, 2.75) is 73.8 Å². The van der Waals surface area contributed by atoms with E-state index < -0.39 is 0 Å². The van der Waals surface area contributed by atoms with Crippen LogP contribution in [0.2, 0.25) is 0 Å². The Kier molecular flexibility index (Phi) is 9.88. The van der Waals surface area contributed by atoms with Gasteiger partial charge >= 0.3 is 0 Å². The summed E-state index contributed by atoms with van der Waals surface area (Å²) in [4.78, 5) is 0. The summed E-state index contributed by atoms with van der Waals surface area (Å²) in [6, 6.07) is 0.410. The van der Waals surface area contributed by atoms with Crippen molar-refractivity contribution in [1.82, 2.24) is 5.32 Å². The van der Waals surface area contributed by atoms with Gasteiger partial charge in [0.1, 0.15) is 0 Å². The van der Waals surface area contributed by atoms with E-state index in [1.165, 1.54) is 22.3 Å². The van der Waals surface area contributed by atoms with Gasteiger partial charge in [-0.15, -0.1) is 0 Å². The summed E-state index contributed by atoms with van der Waals surface area (Å²) in [5, 5.41) is 3.57. The van der Waals surface area contributed by atoms with Crippen LogP contribution in [0.5, 0.6) is 0 Å². The van der Waals surface area contributed by atoms with E-state index in [0.29, 0.717) is 6.04 Å². The van der Waals surface area contributed by atoms with Crippen LogP contribution in [0.3, 0.4) is 0 Å². The summed E-state index contributed by atoms with van der Waals surface area (Å²) in [6.07, 6.45) is 12.3. The van der Waals surface area contributed by atoms with E-state index in [4.69, 9.17) is 0 Å². The van der Waals surface area contributed by atoms with Gasteiger partial charge in [-0.1, -0.05) is 40.5 Å². The first kappa shape index (κ1) is 18.8. The van der Waals surface area contributed by atoms with E-state index in [-0.39, 0.29) is 0 Å². The quantitative estimate of drug-likeness (QED) is 0.542. The third-order valence-electron chi connectivity index (χ3n) is 3.39. The Morgan fingerprint density at radius 3 is 2.05 bits per heavy atom. The van der Waals surface area contributed by atoms with Gasteiger partial charge in [0.2, 0.25) is 0 Å². The molecule has 0 amide bonds. The van der Waals surface area contributed by atoms with Crippen LogP contribution < -0.4 is 5.32 Å². The highest BCUT2D eigenvalue weighted by Gasteiger charge is 2.06. The number of allylic oxidation sites excluding steroid dienone is 5. The molecule has 1 N–H and O–H groups in total. The molecule has 0 aromatic rings. The average Bonchev–Trinajstić information content (AvgIpc) is 2.37. The van der Waals surface area contributed by atoms with Gasteiger partial charge in [-0.25, -0.2) is 0 Å². The van der Waals surface area contributed by atoms with Crippen molar-refractivity contribution >= 4 is 0 Å². The molecule has 0 aliphatic rings. The predicted molar refractivity (Wildman–Crippen MR) is 92.8 cm³/mol. The fraction of sp³-hybridized carbons (Fsp3) is 0.579. The Morgan fingerprint density at radius 2 is 1.55 bits per heavy atom. The lowest BCUT2D eigenvalue weighted by molar-refractivity contribution is 0.664. The molecule has 0 saturated carbocycles. The first-order valence-corrected chi connectivity index (χ1v) is 7.68. The van der Waals surface area contributed by atoms with Crippen LogP contribution in [0.15, 0.2) is 46.7 Å². The Hall–Kier alpha value is -1.24. The maximum atomic E-state index is 3.57. The molecule has 0 aromatic heterocycles. The highest BCUT2D eigenvalue weighted by Crippen LogP contribution is 2.11. The van der Waals surface area contributed by atoms with Crippen molar-refractivity contribution in [3.8, 4) is 0 Å². The molecule has 20 heavy (non-hydrogen) atoms. The molecule has 0 spiro atoms. The topological polar surface area (TPSA) is 12.0 Å². The zero-order chi connectivity index (χ0) is 15.5. The third-order valence-corrected chi connectivity index (χ3v) is 3.39. The maximum absolute atomic E-state index is 3.57. The number of nitrogens with one attached hydrogen (secondary N) is 1. The molecule has 0 bridgehead atoms. The van der Waals surface area contributed by atoms with Gasteiger partial charge in [-0.05, 0) is 73.9 Å². The minimum atomic E-state index is 0.410. The smallest absolute Gasteiger partial charge is 0.0499 e. The van der Waals surface area contributed by atoms with Crippen molar-refractivity contribution in [3.05, 3.63) is 46.7 Å². The normalized spacial score (nSPS) is 13.8. The molecule has 114 valence electrons. The molecule has 1 heteroatoms. The van der Waals surface area contributed by atoms with E-state index in [0.717, 1.165) is 19.3 Å². The minimum Gasteiger partial charge on any atom is -0.384 e. The van der Waals surface area contributed by atoms with Crippen LogP contribution >= 0.6 is 0 Å².